The Balaban J connectivity index is 0.000000980. The van der Waals surface area contributed by atoms with Crippen LogP contribution >= 0.6 is 35.1 Å². The van der Waals surface area contributed by atoms with Gasteiger partial charge in [-0.15, -0.1) is 35.1 Å². The van der Waals surface area contributed by atoms with E-state index in [2.05, 4.69) is 24.0 Å². The summed E-state index contributed by atoms with van der Waals surface area (Å²) >= 11 is 3.28. The number of anilines is 1. The summed E-state index contributed by atoms with van der Waals surface area (Å²) in [5.41, 5.74) is 6.57. The standard InChI is InChI=1S/C9H10N2S2.ClH/c1-2-6-3-4-8(13-6)7-5-12-9(10)11-7;/h3-5H,2H2,1H3,(H2,10,11);1H. The van der Waals surface area contributed by atoms with Gasteiger partial charge in [-0.3, -0.25) is 0 Å². The summed E-state index contributed by atoms with van der Waals surface area (Å²) < 4.78 is 0. The molecule has 0 aliphatic rings. The minimum absolute atomic E-state index is 0. The summed E-state index contributed by atoms with van der Waals surface area (Å²) in [7, 11) is 0. The van der Waals surface area contributed by atoms with Crippen molar-refractivity contribution in [2.45, 2.75) is 13.3 Å². The Morgan fingerprint density at radius 1 is 1.43 bits per heavy atom. The second-order valence-corrected chi connectivity index (χ2v) is 4.75. The van der Waals surface area contributed by atoms with Gasteiger partial charge in [0.15, 0.2) is 5.13 Å². The van der Waals surface area contributed by atoms with Gasteiger partial charge in [-0.1, -0.05) is 6.92 Å². The molecule has 0 radical (unpaired) electrons. The molecule has 76 valence electrons. The second-order valence-electron chi connectivity index (χ2n) is 2.69. The first-order valence-electron chi connectivity index (χ1n) is 4.09. The van der Waals surface area contributed by atoms with E-state index in [1.54, 1.807) is 11.3 Å². The van der Waals surface area contributed by atoms with Crippen LogP contribution in [-0.2, 0) is 6.42 Å². The molecular weight excluding hydrogens is 236 g/mol. The fourth-order valence-corrected chi connectivity index (χ4v) is 2.65. The van der Waals surface area contributed by atoms with E-state index in [0.717, 1.165) is 12.1 Å². The molecule has 5 heteroatoms. The van der Waals surface area contributed by atoms with E-state index in [1.165, 1.54) is 21.1 Å². The molecule has 0 bridgehead atoms. The topological polar surface area (TPSA) is 38.9 Å². The van der Waals surface area contributed by atoms with E-state index >= 15 is 0 Å². The molecule has 2 heterocycles. The monoisotopic (exact) mass is 246 g/mol. The van der Waals surface area contributed by atoms with E-state index in [-0.39, 0.29) is 12.4 Å². The lowest BCUT2D eigenvalue weighted by atomic mass is 10.3. The lowest BCUT2D eigenvalue weighted by Gasteiger charge is -1.87. The van der Waals surface area contributed by atoms with Crippen LogP contribution in [0.1, 0.15) is 11.8 Å². The van der Waals surface area contributed by atoms with Crippen LogP contribution in [0.5, 0.6) is 0 Å². The Hall–Kier alpha value is -0.580. The molecule has 0 unspecified atom stereocenters. The van der Waals surface area contributed by atoms with E-state index in [0.29, 0.717) is 5.13 Å². The molecule has 0 aliphatic carbocycles. The van der Waals surface area contributed by atoms with E-state index in [1.807, 2.05) is 5.38 Å². The molecule has 0 aromatic carbocycles. The molecule has 0 aliphatic heterocycles. The van der Waals surface area contributed by atoms with Gasteiger partial charge < -0.3 is 5.73 Å². The lowest BCUT2D eigenvalue weighted by molar-refractivity contribution is 1.19. The van der Waals surface area contributed by atoms with Crippen LogP contribution < -0.4 is 5.73 Å². The Morgan fingerprint density at radius 2 is 2.21 bits per heavy atom. The normalized spacial score (nSPS) is 9.79. The van der Waals surface area contributed by atoms with Crippen molar-refractivity contribution in [3.63, 3.8) is 0 Å². The highest BCUT2D eigenvalue weighted by atomic mass is 35.5. The maximum absolute atomic E-state index is 5.57. The highest BCUT2D eigenvalue weighted by molar-refractivity contribution is 7.16. The number of thiophene rings is 1. The zero-order valence-electron chi connectivity index (χ0n) is 7.69. The zero-order valence-corrected chi connectivity index (χ0v) is 10.1. The summed E-state index contributed by atoms with van der Waals surface area (Å²) in [4.78, 5) is 6.84. The smallest absolute Gasteiger partial charge is 0.180 e. The SMILES string of the molecule is CCc1ccc(-c2csc(N)n2)s1.Cl. The van der Waals surface area contributed by atoms with Crippen molar-refractivity contribution >= 4 is 40.2 Å². The van der Waals surface area contributed by atoms with Gasteiger partial charge in [0, 0.05) is 10.3 Å². The van der Waals surface area contributed by atoms with Crippen LogP contribution in [0.15, 0.2) is 17.5 Å². The first kappa shape index (κ1) is 11.5. The van der Waals surface area contributed by atoms with Gasteiger partial charge in [-0.25, -0.2) is 4.98 Å². The molecule has 2 nitrogen and oxygen atoms in total. The summed E-state index contributed by atoms with van der Waals surface area (Å²) in [5.74, 6) is 0. The predicted molar refractivity (Wildman–Crippen MR) is 66.5 cm³/mol. The summed E-state index contributed by atoms with van der Waals surface area (Å²) in [6.45, 7) is 2.16. The number of halogens is 1. The molecule has 0 amide bonds. The van der Waals surface area contributed by atoms with Crippen LogP contribution in [0.25, 0.3) is 10.6 Å². The maximum atomic E-state index is 5.57. The molecule has 2 aromatic heterocycles. The Morgan fingerprint density at radius 3 is 2.71 bits per heavy atom. The highest BCUT2D eigenvalue weighted by Crippen LogP contribution is 2.29. The maximum Gasteiger partial charge on any atom is 0.180 e. The van der Waals surface area contributed by atoms with Crippen LogP contribution in [0.4, 0.5) is 5.13 Å². The quantitative estimate of drug-likeness (QED) is 0.882. The second kappa shape index (κ2) is 4.77. The van der Waals surface area contributed by atoms with Crippen LogP contribution in [-0.4, -0.2) is 4.98 Å². The number of hydrogen-bond donors (Lipinski definition) is 1. The average Bonchev–Trinajstić information content (AvgIpc) is 2.71. The van der Waals surface area contributed by atoms with Crippen molar-refractivity contribution in [2.24, 2.45) is 0 Å². The average molecular weight is 247 g/mol. The Labute approximate surface area is 97.2 Å². The van der Waals surface area contributed by atoms with E-state index in [4.69, 9.17) is 5.73 Å². The third-order valence-corrected chi connectivity index (χ3v) is 3.71. The number of thiazole rings is 1. The fourth-order valence-electron chi connectivity index (χ4n) is 1.11. The van der Waals surface area contributed by atoms with Gasteiger partial charge in [0.1, 0.15) is 0 Å². The van der Waals surface area contributed by atoms with Crippen molar-refractivity contribution in [1.29, 1.82) is 0 Å². The molecule has 0 atom stereocenters. The zero-order chi connectivity index (χ0) is 9.26. The molecular formula is C9H11ClN2S2. The van der Waals surface area contributed by atoms with Gasteiger partial charge in [-0.05, 0) is 18.6 Å². The summed E-state index contributed by atoms with van der Waals surface area (Å²) in [6.07, 6.45) is 1.09. The van der Waals surface area contributed by atoms with Crippen molar-refractivity contribution in [2.75, 3.05) is 5.73 Å². The predicted octanol–water partition coefficient (Wildman–Crippen LogP) is 3.44. The fraction of sp³-hybridized carbons (Fsp3) is 0.222. The third-order valence-electron chi connectivity index (χ3n) is 1.78. The van der Waals surface area contributed by atoms with Crippen molar-refractivity contribution in [1.82, 2.24) is 4.98 Å². The number of aryl methyl sites for hydroxylation is 1. The van der Waals surface area contributed by atoms with Gasteiger partial charge in [-0.2, -0.15) is 0 Å². The largest absolute Gasteiger partial charge is 0.375 e. The van der Waals surface area contributed by atoms with Crippen molar-refractivity contribution in [3.05, 3.63) is 22.4 Å². The number of hydrogen-bond acceptors (Lipinski definition) is 4. The minimum atomic E-state index is 0. The van der Waals surface area contributed by atoms with Crippen molar-refractivity contribution < 1.29 is 0 Å². The Bertz CT molecular complexity index is 408. The summed E-state index contributed by atoms with van der Waals surface area (Å²) in [6, 6.07) is 4.26. The molecule has 0 spiro atoms. The molecule has 0 fully saturated rings. The van der Waals surface area contributed by atoms with Crippen LogP contribution in [0, 0.1) is 0 Å². The number of nitrogens with two attached hydrogens (primary N) is 1. The molecule has 2 N–H and O–H groups in total. The minimum Gasteiger partial charge on any atom is -0.375 e. The van der Waals surface area contributed by atoms with Gasteiger partial charge >= 0.3 is 0 Å². The van der Waals surface area contributed by atoms with Crippen LogP contribution in [0.3, 0.4) is 0 Å². The van der Waals surface area contributed by atoms with Crippen LogP contribution in [0.2, 0.25) is 0 Å². The summed E-state index contributed by atoms with van der Waals surface area (Å²) in [5, 5.41) is 2.64. The third kappa shape index (κ3) is 2.26. The highest BCUT2D eigenvalue weighted by Gasteiger charge is 2.04. The first-order chi connectivity index (χ1) is 6.29. The van der Waals surface area contributed by atoms with E-state index in [9.17, 15) is 0 Å². The van der Waals surface area contributed by atoms with Gasteiger partial charge in [0.05, 0.1) is 10.6 Å². The Kier molecular flexibility index (Phi) is 3.92. The molecule has 2 aromatic rings. The molecule has 0 saturated carbocycles. The van der Waals surface area contributed by atoms with Gasteiger partial charge in [0.25, 0.3) is 0 Å². The number of rotatable bonds is 2. The lowest BCUT2D eigenvalue weighted by Crippen LogP contribution is -1.80. The van der Waals surface area contributed by atoms with Gasteiger partial charge in [0.2, 0.25) is 0 Å². The number of nitrogens with zero attached hydrogens (tertiary/aromatic N) is 1. The molecule has 0 saturated heterocycles. The first-order valence-corrected chi connectivity index (χ1v) is 5.79. The molecule has 14 heavy (non-hydrogen) atoms. The molecule has 2 rings (SSSR count). The number of nitrogen functional groups attached to an aromatic ring is 1. The number of aromatic nitrogens is 1. The van der Waals surface area contributed by atoms with Crippen molar-refractivity contribution in [3.8, 4) is 10.6 Å². The van der Waals surface area contributed by atoms with E-state index < -0.39 is 0 Å².